The Balaban J connectivity index is 1.28. The van der Waals surface area contributed by atoms with Crippen molar-refractivity contribution in [1.82, 2.24) is 14.5 Å². The molecule has 3 heterocycles. The number of aromatic nitrogens is 3. The molecule has 5 nitrogen and oxygen atoms in total. The summed E-state index contributed by atoms with van der Waals surface area (Å²) in [4.78, 5) is 9.54. The number of thiophene rings is 1. The van der Waals surface area contributed by atoms with Crippen LogP contribution in [0, 0.1) is 0 Å². The van der Waals surface area contributed by atoms with Gasteiger partial charge in [-0.1, -0.05) is 24.3 Å². The van der Waals surface area contributed by atoms with Crippen molar-refractivity contribution in [3.63, 3.8) is 0 Å². The number of ether oxygens (including phenoxy) is 1. The molecule has 27 heavy (non-hydrogen) atoms. The van der Waals surface area contributed by atoms with Crippen LogP contribution in [0.25, 0.3) is 22.9 Å². The molecule has 3 aromatic heterocycles. The van der Waals surface area contributed by atoms with E-state index in [0.29, 0.717) is 12.5 Å². The van der Waals surface area contributed by atoms with Gasteiger partial charge in [0.15, 0.2) is 0 Å². The highest BCUT2D eigenvalue weighted by Crippen LogP contribution is 2.24. The molecule has 0 saturated heterocycles. The molecular formula is C21H19N3O2S. The van der Waals surface area contributed by atoms with Crippen molar-refractivity contribution < 1.29 is 9.15 Å². The molecule has 0 spiro atoms. The molecule has 0 amide bonds. The standard InChI is InChI=1S/C21H19N3O2S/c1-3-20(27-14-1)21-23-18(15-26-21)7-4-17-5-8-19(9-6-17)25-13-2-11-24-12-10-22-16-24/h1,3-10,12,14-16H,2,11,13H2/b7-4+. The number of rotatable bonds is 8. The molecule has 0 fully saturated rings. The van der Waals surface area contributed by atoms with Crippen LogP contribution >= 0.6 is 11.3 Å². The Bertz CT molecular complexity index is 971. The van der Waals surface area contributed by atoms with Crippen molar-refractivity contribution in [1.29, 1.82) is 0 Å². The van der Waals surface area contributed by atoms with E-state index in [0.717, 1.165) is 34.8 Å². The molecule has 0 aliphatic rings. The maximum Gasteiger partial charge on any atom is 0.236 e. The Hall–Kier alpha value is -3.12. The average Bonchev–Trinajstić information content (AvgIpc) is 3.47. The van der Waals surface area contributed by atoms with Crippen LogP contribution in [0.4, 0.5) is 0 Å². The monoisotopic (exact) mass is 377 g/mol. The zero-order valence-electron chi connectivity index (χ0n) is 14.7. The first-order valence-electron chi connectivity index (χ1n) is 8.73. The molecule has 0 unspecified atom stereocenters. The minimum Gasteiger partial charge on any atom is -0.494 e. The van der Waals surface area contributed by atoms with Gasteiger partial charge in [-0.15, -0.1) is 11.3 Å². The molecule has 4 rings (SSSR count). The van der Waals surface area contributed by atoms with Gasteiger partial charge in [-0.05, 0) is 41.6 Å². The first kappa shape index (κ1) is 17.3. The van der Waals surface area contributed by atoms with Crippen LogP contribution in [-0.2, 0) is 6.54 Å². The van der Waals surface area contributed by atoms with Gasteiger partial charge in [-0.3, -0.25) is 0 Å². The predicted octanol–water partition coefficient (Wildman–Crippen LogP) is 5.24. The molecule has 0 radical (unpaired) electrons. The largest absolute Gasteiger partial charge is 0.494 e. The zero-order valence-corrected chi connectivity index (χ0v) is 15.5. The van der Waals surface area contributed by atoms with Crippen LogP contribution in [0.5, 0.6) is 5.75 Å². The van der Waals surface area contributed by atoms with Crippen molar-refractivity contribution in [3.8, 4) is 16.5 Å². The van der Waals surface area contributed by atoms with Crippen LogP contribution < -0.4 is 4.74 Å². The Morgan fingerprint density at radius 1 is 1.15 bits per heavy atom. The Kier molecular flexibility index (Phi) is 5.45. The summed E-state index contributed by atoms with van der Waals surface area (Å²) in [6.07, 6.45) is 12.1. The lowest BCUT2D eigenvalue weighted by Crippen LogP contribution is -2.02. The van der Waals surface area contributed by atoms with Crippen molar-refractivity contribution in [2.75, 3.05) is 6.61 Å². The third-order valence-electron chi connectivity index (χ3n) is 3.97. The average molecular weight is 377 g/mol. The number of benzene rings is 1. The molecule has 136 valence electrons. The lowest BCUT2D eigenvalue weighted by atomic mass is 10.2. The van der Waals surface area contributed by atoms with E-state index in [-0.39, 0.29) is 0 Å². The fraction of sp³-hybridized carbons (Fsp3) is 0.143. The van der Waals surface area contributed by atoms with Crippen LogP contribution in [0.3, 0.4) is 0 Å². The highest BCUT2D eigenvalue weighted by molar-refractivity contribution is 7.13. The molecule has 0 atom stereocenters. The maximum atomic E-state index is 5.78. The zero-order chi connectivity index (χ0) is 18.3. The number of imidazole rings is 1. The van der Waals surface area contributed by atoms with Crippen molar-refractivity contribution >= 4 is 23.5 Å². The summed E-state index contributed by atoms with van der Waals surface area (Å²) in [6.45, 7) is 1.59. The van der Waals surface area contributed by atoms with Gasteiger partial charge in [0.25, 0.3) is 0 Å². The normalized spacial score (nSPS) is 11.3. The molecule has 0 bridgehead atoms. The summed E-state index contributed by atoms with van der Waals surface area (Å²) in [5, 5.41) is 2.01. The quantitative estimate of drug-likeness (QED) is 0.394. The van der Waals surface area contributed by atoms with Crippen LogP contribution in [-0.4, -0.2) is 21.1 Å². The van der Waals surface area contributed by atoms with Gasteiger partial charge < -0.3 is 13.7 Å². The van der Waals surface area contributed by atoms with Crippen LogP contribution in [0.15, 0.2) is 71.2 Å². The van der Waals surface area contributed by atoms with Gasteiger partial charge in [0, 0.05) is 18.9 Å². The second-order valence-corrected chi connectivity index (χ2v) is 6.91. The molecule has 0 aliphatic heterocycles. The molecule has 0 saturated carbocycles. The second-order valence-electron chi connectivity index (χ2n) is 5.96. The highest BCUT2D eigenvalue weighted by Gasteiger charge is 2.05. The number of hydrogen-bond donors (Lipinski definition) is 0. The van der Waals surface area contributed by atoms with E-state index in [1.54, 1.807) is 23.8 Å². The van der Waals surface area contributed by atoms with Crippen molar-refractivity contribution in [2.45, 2.75) is 13.0 Å². The van der Waals surface area contributed by atoms with Gasteiger partial charge in [-0.25, -0.2) is 9.97 Å². The van der Waals surface area contributed by atoms with Crippen LogP contribution in [0.1, 0.15) is 17.7 Å². The van der Waals surface area contributed by atoms with Gasteiger partial charge in [-0.2, -0.15) is 0 Å². The molecule has 4 aromatic rings. The summed E-state index contributed by atoms with van der Waals surface area (Å²) in [7, 11) is 0. The van der Waals surface area contributed by atoms with Crippen molar-refractivity contribution in [2.24, 2.45) is 0 Å². The molecule has 1 aromatic carbocycles. The van der Waals surface area contributed by atoms with E-state index in [9.17, 15) is 0 Å². The SMILES string of the molecule is C(=C\c1coc(-c2cccs2)n1)/c1ccc(OCCCn2ccnc2)cc1. The molecule has 6 heteroatoms. The van der Waals surface area contributed by atoms with E-state index in [2.05, 4.69) is 9.97 Å². The summed E-state index contributed by atoms with van der Waals surface area (Å²) in [6, 6.07) is 12.0. The summed E-state index contributed by atoms with van der Waals surface area (Å²) in [5.74, 6) is 1.53. The highest BCUT2D eigenvalue weighted by atomic mass is 32.1. The first-order valence-corrected chi connectivity index (χ1v) is 9.61. The lowest BCUT2D eigenvalue weighted by Gasteiger charge is -2.06. The van der Waals surface area contributed by atoms with Gasteiger partial charge in [0.1, 0.15) is 17.7 Å². The minimum atomic E-state index is 0.657. The maximum absolute atomic E-state index is 5.78. The predicted molar refractivity (Wildman–Crippen MR) is 108 cm³/mol. The Morgan fingerprint density at radius 2 is 2.07 bits per heavy atom. The smallest absolute Gasteiger partial charge is 0.236 e. The van der Waals surface area contributed by atoms with Crippen molar-refractivity contribution in [3.05, 3.63) is 78.0 Å². The van der Waals surface area contributed by atoms with Gasteiger partial charge in [0.2, 0.25) is 5.89 Å². The lowest BCUT2D eigenvalue weighted by molar-refractivity contribution is 0.302. The fourth-order valence-corrected chi connectivity index (χ4v) is 3.24. The minimum absolute atomic E-state index is 0.657. The number of nitrogens with zero attached hydrogens (tertiary/aromatic N) is 3. The number of oxazole rings is 1. The Morgan fingerprint density at radius 3 is 2.85 bits per heavy atom. The van der Waals surface area contributed by atoms with E-state index in [1.807, 2.05) is 71.0 Å². The van der Waals surface area contributed by atoms with Gasteiger partial charge >= 0.3 is 0 Å². The molecule has 0 N–H and O–H groups in total. The topological polar surface area (TPSA) is 53.1 Å². The Labute approximate surface area is 161 Å². The second kappa shape index (κ2) is 8.51. The molecular weight excluding hydrogens is 358 g/mol. The third-order valence-corrected chi connectivity index (χ3v) is 4.83. The van der Waals surface area contributed by atoms with Crippen LogP contribution in [0.2, 0.25) is 0 Å². The molecule has 0 aliphatic carbocycles. The van der Waals surface area contributed by atoms with E-state index < -0.39 is 0 Å². The fourth-order valence-electron chi connectivity index (χ4n) is 2.59. The van der Waals surface area contributed by atoms with E-state index in [1.165, 1.54) is 0 Å². The summed E-state index contributed by atoms with van der Waals surface area (Å²) < 4.78 is 13.4. The van der Waals surface area contributed by atoms with E-state index >= 15 is 0 Å². The summed E-state index contributed by atoms with van der Waals surface area (Å²) in [5.41, 5.74) is 1.89. The number of aryl methyl sites for hydroxylation is 1. The number of hydrogen-bond acceptors (Lipinski definition) is 5. The third kappa shape index (κ3) is 4.74. The first-order chi connectivity index (χ1) is 13.4. The van der Waals surface area contributed by atoms with E-state index in [4.69, 9.17) is 9.15 Å². The summed E-state index contributed by atoms with van der Waals surface area (Å²) >= 11 is 1.61. The van der Waals surface area contributed by atoms with Gasteiger partial charge in [0.05, 0.1) is 17.8 Å².